The summed E-state index contributed by atoms with van der Waals surface area (Å²) in [4.78, 5) is 0. The molecule has 160 valence electrons. The Bertz CT molecular complexity index is 997. The fraction of sp³-hybridized carbons (Fsp3) is 0.357. The normalized spacial score (nSPS) is 12.3. The van der Waals surface area contributed by atoms with Crippen LogP contribution in [0.1, 0.15) is 50.1 Å². The van der Waals surface area contributed by atoms with E-state index in [1.807, 2.05) is 0 Å². The first kappa shape index (κ1) is 23.2. The molecule has 0 aliphatic carbocycles. The van der Waals surface area contributed by atoms with Crippen LogP contribution < -0.4 is 15.9 Å². The Balaban J connectivity index is 2.53. The molecule has 0 radical (unpaired) electrons. The van der Waals surface area contributed by atoms with Gasteiger partial charge in [-0.2, -0.15) is 0 Å². The molecule has 3 rings (SSSR count). The summed E-state index contributed by atoms with van der Waals surface area (Å²) in [5.74, 6) is 0. The summed E-state index contributed by atoms with van der Waals surface area (Å²) in [5, 5.41) is 5.65. The summed E-state index contributed by atoms with van der Waals surface area (Å²) in [6.07, 6.45) is 0. The van der Waals surface area contributed by atoms with Gasteiger partial charge in [0, 0.05) is 0 Å². The predicted molar refractivity (Wildman–Crippen MR) is 143 cm³/mol. The third-order valence-electron chi connectivity index (χ3n) is 6.60. The van der Waals surface area contributed by atoms with Crippen molar-refractivity contribution < 1.29 is 0 Å². The van der Waals surface area contributed by atoms with Crippen molar-refractivity contribution >= 4 is 39.1 Å². The molecular formula is C28H36BrP. The second-order valence-corrected chi connectivity index (χ2v) is 13.7. The number of benzene rings is 3. The fourth-order valence-corrected chi connectivity index (χ4v) is 12.5. The Kier molecular flexibility index (Phi) is 6.66. The third kappa shape index (κ3) is 3.92. The van der Waals surface area contributed by atoms with E-state index in [0.717, 1.165) is 5.33 Å². The summed E-state index contributed by atoms with van der Waals surface area (Å²) in [7, 11) is -2.24. The van der Waals surface area contributed by atoms with Crippen molar-refractivity contribution in [3.63, 3.8) is 0 Å². The van der Waals surface area contributed by atoms with Gasteiger partial charge in [-0.3, -0.25) is 0 Å². The standard InChI is InChI=1S/C28H36BrP/c1-17-10-19(3)26(20(4)11-17)30(9,27-21(5)12-18(2)13-22(27)6)28-23(7)14-25(16-29)15-24(28)8/h10-15,30H,16H2,1-9H3. The van der Waals surface area contributed by atoms with E-state index >= 15 is 0 Å². The molecule has 30 heavy (non-hydrogen) atoms. The van der Waals surface area contributed by atoms with E-state index in [2.05, 4.69) is 114 Å². The van der Waals surface area contributed by atoms with Crippen LogP contribution in [0.5, 0.6) is 0 Å². The average molecular weight is 483 g/mol. The van der Waals surface area contributed by atoms with Crippen LogP contribution in [0.4, 0.5) is 0 Å². The first-order valence-electron chi connectivity index (χ1n) is 10.8. The number of aryl methyl sites for hydroxylation is 8. The van der Waals surface area contributed by atoms with Gasteiger partial charge in [-0.15, -0.1) is 0 Å². The topological polar surface area (TPSA) is 0 Å². The number of rotatable bonds is 4. The molecular weight excluding hydrogens is 447 g/mol. The van der Waals surface area contributed by atoms with Gasteiger partial charge in [-0.05, 0) is 0 Å². The van der Waals surface area contributed by atoms with Crippen LogP contribution in [0.3, 0.4) is 0 Å². The molecule has 0 spiro atoms. The number of halogens is 1. The van der Waals surface area contributed by atoms with Crippen LogP contribution in [-0.2, 0) is 5.33 Å². The third-order valence-corrected chi connectivity index (χ3v) is 12.6. The van der Waals surface area contributed by atoms with Crippen molar-refractivity contribution in [1.29, 1.82) is 0 Å². The van der Waals surface area contributed by atoms with E-state index in [4.69, 9.17) is 0 Å². The SMILES string of the molecule is Cc1cc(C)c([PH](C)(c2c(C)cc(C)cc2C)c2c(C)cc(CBr)cc2C)c(C)c1. The van der Waals surface area contributed by atoms with Gasteiger partial charge in [0.1, 0.15) is 0 Å². The fourth-order valence-electron chi connectivity index (χ4n) is 6.23. The van der Waals surface area contributed by atoms with E-state index in [1.165, 1.54) is 50.1 Å². The summed E-state index contributed by atoms with van der Waals surface area (Å²) >= 11 is 3.66. The minimum absolute atomic E-state index is 0.901. The molecule has 0 amide bonds. The van der Waals surface area contributed by atoms with Crippen molar-refractivity contribution in [2.45, 2.75) is 60.7 Å². The molecule has 0 aliphatic rings. The molecule has 3 aromatic carbocycles. The van der Waals surface area contributed by atoms with Crippen LogP contribution in [0.25, 0.3) is 0 Å². The van der Waals surface area contributed by atoms with E-state index in [1.54, 1.807) is 15.9 Å². The van der Waals surface area contributed by atoms with Gasteiger partial charge >= 0.3 is 193 Å². The molecule has 0 N–H and O–H groups in total. The Labute approximate surface area is 192 Å². The maximum atomic E-state index is 3.66. The van der Waals surface area contributed by atoms with Gasteiger partial charge in [-0.1, -0.05) is 0 Å². The van der Waals surface area contributed by atoms with Crippen LogP contribution >= 0.6 is 23.2 Å². The number of hydrogen-bond donors (Lipinski definition) is 0. The molecule has 0 heterocycles. The van der Waals surface area contributed by atoms with Crippen molar-refractivity contribution in [2.24, 2.45) is 0 Å². The molecule has 0 atom stereocenters. The van der Waals surface area contributed by atoms with Crippen LogP contribution in [0.2, 0.25) is 0 Å². The molecule has 0 fully saturated rings. The van der Waals surface area contributed by atoms with Crippen molar-refractivity contribution in [3.05, 3.63) is 86.5 Å². The number of hydrogen-bond acceptors (Lipinski definition) is 0. The molecule has 3 aromatic rings. The van der Waals surface area contributed by atoms with Gasteiger partial charge in [0.25, 0.3) is 0 Å². The molecule has 0 bridgehead atoms. The van der Waals surface area contributed by atoms with Crippen LogP contribution in [-0.4, -0.2) is 6.66 Å². The van der Waals surface area contributed by atoms with Crippen LogP contribution in [0, 0.1) is 55.4 Å². The van der Waals surface area contributed by atoms with E-state index in [-0.39, 0.29) is 0 Å². The zero-order chi connectivity index (χ0) is 22.4. The Morgan fingerprint density at radius 1 is 0.533 bits per heavy atom. The molecule has 2 heteroatoms. The second kappa shape index (κ2) is 8.60. The van der Waals surface area contributed by atoms with Crippen molar-refractivity contribution in [1.82, 2.24) is 0 Å². The van der Waals surface area contributed by atoms with Gasteiger partial charge in [-0.25, -0.2) is 0 Å². The summed E-state index contributed by atoms with van der Waals surface area (Å²) < 4.78 is 0. The first-order chi connectivity index (χ1) is 14.0. The first-order valence-corrected chi connectivity index (χ1v) is 14.5. The van der Waals surface area contributed by atoms with Gasteiger partial charge in [0.05, 0.1) is 0 Å². The van der Waals surface area contributed by atoms with Crippen molar-refractivity contribution in [3.8, 4) is 0 Å². The molecule has 0 unspecified atom stereocenters. The molecule has 0 aromatic heterocycles. The van der Waals surface area contributed by atoms with Gasteiger partial charge in [0.15, 0.2) is 0 Å². The monoisotopic (exact) mass is 482 g/mol. The molecule has 0 aliphatic heterocycles. The van der Waals surface area contributed by atoms with E-state index in [9.17, 15) is 0 Å². The molecule has 0 saturated heterocycles. The predicted octanol–water partition coefficient (Wildman–Crippen LogP) is 6.70. The second-order valence-electron chi connectivity index (χ2n) is 9.41. The van der Waals surface area contributed by atoms with Crippen molar-refractivity contribution in [2.75, 3.05) is 6.66 Å². The van der Waals surface area contributed by atoms with Gasteiger partial charge < -0.3 is 0 Å². The number of alkyl halides is 1. The minimum atomic E-state index is -2.24. The summed E-state index contributed by atoms with van der Waals surface area (Å²) in [5.41, 5.74) is 12.7. The Morgan fingerprint density at radius 2 is 0.800 bits per heavy atom. The van der Waals surface area contributed by atoms with Crippen LogP contribution in [0.15, 0.2) is 36.4 Å². The zero-order valence-electron chi connectivity index (χ0n) is 20.0. The summed E-state index contributed by atoms with van der Waals surface area (Å²) in [6.45, 7) is 20.9. The van der Waals surface area contributed by atoms with E-state index < -0.39 is 7.26 Å². The zero-order valence-corrected chi connectivity index (χ0v) is 22.6. The quantitative estimate of drug-likeness (QED) is 0.286. The Morgan fingerprint density at radius 3 is 1.07 bits per heavy atom. The summed E-state index contributed by atoms with van der Waals surface area (Å²) in [6, 6.07) is 14.3. The van der Waals surface area contributed by atoms with Gasteiger partial charge in [0.2, 0.25) is 0 Å². The molecule has 0 nitrogen and oxygen atoms in total. The Hall–Kier alpha value is -1.43. The van der Waals surface area contributed by atoms with E-state index in [0.29, 0.717) is 0 Å². The molecule has 0 saturated carbocycles. The average Bonchev–Trinajstić information content (AvgIpc) is 2.58. The maximum absolute atomic E-state index is 3.66.